The number of carboxylic acids is 1. The topological polar surface area (TPSA) is 96.2 Å². The van der Waals surface area contributed by atoms with Crippen LogP contribution in [0.15, 0.2) is 0 Å². The number of aliphatic hydroxyl groups is 2. The summed E-state index contributed by atoms with van der Waals surface area (Å²) in [5, 5.41) is 28.7. The minimum Gasteiger partial charge on any atom is -0.481 e. The van der Waals surface area contributed by atoms with E-state index in [9.17, 15) is 15.0 Å². The first-order valence-corrected chi connectivity index (χ1v) is 16.2. The molecule has 6 atom stereocenters. The second kappa shape index (κ2) is 23.1. The molecule has 0 amide bonds. The van der Waals surface area contributed by atoms with Crippen LogP contribution in [0.3, 0.4) is 0 Å². The van der Waals surface area contributed by atoms with Crippen molar-refractivity contribution in [2.45, 2.75) is 193 Å². The summed E-state index contributed by atoms with van der Waals surface area (Å²) < 4.78 is 11.5. The molecule has 0 aromatic rings. The Balaban J connectivity index is 1.76. The number of hydrogen-bond acceptors (Lipinski definition) is 5. The highest BCUT2D eigenvalue weighted by Gasteiger charge is 2.35. The van der Waals surface area contributed by atoms with E-state index in [-0.39, 0.29) is 18.1 Å². The monoisotopic (exact) mass is 542 g/mol. The van der Waals surface area contributed by atoms with Gasteiger partial charge in [0.15, 0.2) is 6.29 Å². The van der Waals surface area contributed by atoms with E-state index in [2.05, 4.69) is 0 Å². The highest BCUT2D eigenvalue weighted by molar-refractivity contribution is 5.69. The van der Waals surface area contributed by atoms with Crippen molar-refractivity contribution in [3.05, 3.63) is 0 Å². The van der Waals surface area contributed by atoms with Gasteiger partial charge in [0.1, 0.15) is 6.10 Å². The van der Waals surface area contributed by atoms with Gasteiger partial charge in [-0.2, -0.15) is 0 Å². The van der Waals surface area contributed by atoms with Crippen LogP contribution in [-0.2, 0) is 14.3 Å². The summed E-state index contributed by atoms with van der Waals surface area (Å²) in [5.74, 6) is -0.845. The third-order valence-corrected chi connectivity index (χ3v) is 8.22. The van der Waals surface area contributed by atoms with E-state index in [1.807, 2.05) is 20.8 Å². The van der Waals surface area contributed by atoms with Crippen LogP contribution < -0.4 is 0 Å². The van der Waals surface area contributed by atoms with Crippen LogP contribution in [0.4, 0.5) is 0 Å². The van der Waals surface area contributed by atoms with Crippen molar-refractivity contribution in [1.29, 1.82) is 0 Å². The molecule has 0 saturated carbocycles. The average Bonchev–Trinajstić information content (AvgIpc) is 2.87. The van der Waals surface area contributed by atoms with Gasteiger partial charge in [-0.3, -0.25) is 4.79 Å². The van der Waals surface area contributed by atoms with Gasteiger partial charge >= 0.3 is 5.97 Å². The molecule has 6 heteroatoms. The molecule has 6 nitrogen and oxygen atoms in total. The summed E-state index contributed by atoms with van der Waals surface area (Å²) in [5.41, 5.74) is 0. The van der Waals surface area contributed by atoms with E-state index >= 15 is 0 Å². The number of aliphatic hydroxyl groups excluding tert-OH is 2. The fourth-order valence-electron chi connectivity index (χ4n) is 5.37. The zero-order chi connectivity index (χ0) is 28.0. The number of ether oxygens (including phenoxy) is 2. The number of hydrogen-bond donors (Lipinski definition) is 3. The molecular weight excluding hydrogens is 480 g/mol. The van der Waals surface area contributed by atoms with Crippen LogP contribution in [0, 0.1) is 5.92 Å². The lowest BCUT2D eigenvalue weighted by Crippen LogP contribution is -2.48. The highest BCUT2D eigenvalue weighted by Crippen LogP contribution is 2.23. The Morgan fingerprint density at radius 1 is 0.684 bits per heavy atom. The molecule has 38 heavy (non-hydrogen) atoms. The molecule has 1 fully saturated rings. The van der Waals surface area contributed by atoms with Crippen molar-refractivity contribution in [1.82, 2.24) is 0 Å². The molecule has 0 aliphatic carbocycles. The van der Waals surface area contributed by atoms with Crippen molar-refractivity contribution < 1.29 is 29.6 Å². The molecule has 0 aromatic heterocycles. The molecule has 1 heterocycles. The average molecular weight is 543 g/mol. The van der Waals surface area contributed by atoms with Gasteiger partial charge < -0.3 is 24.8 Å². The van der Waals surface area contributed by atoms with Gasteiger partial charge in [-0.15, -0.1) is 0 Å². The minimum atomic E-state index is -0.746. The number of rotatable bonds is 25. The molecule has 226 valence electrons. The van der Waals surface area contributed by atoms with Crippen LogP contribution in [0.1, 0.15) is 162 Å². The lowest BCUT2D eigenvalue weighted by Gasteiger charge is -2.36. The zero-order valence-electron chi connectivity index (χ0n) is 25.1. The lowest BCUT2D eigenvalue weighted by molar-refractivity contribution is -0.273. The second-order valence-electron chi connectivity index (χ2n) is 12.1. The number of carboxylic acid groups (broad SMARTS) is 1. The van der Waals surface area contributed by atoms with Crippen LogP contribution in [0.2, 0.25) is 0 Å². The summed E-state index contributed by atoms with van der Waals surface area (Å²) in [4.78, 5) is 10.8. The second-order valence-corrected chi connectivity index (χ2v) is 12.1. The van der Waals surface area contributed by atoms with Crippen LogP contribution in [-0.4, -0.2) is 52.0 Å². The maximum Gasteiger partial charge on any atom is 0.306 e. The van der Waals surface area contributed by atoms with Gasteiger partial charge in [0, 0.05) is 6.42 Å². The van der Waals surface area contributed by atoms with E-state index in [1.54, 1.807) is 0 Å². The normalized spacial score (nSPS) is 23.4. The van der Waals surface area contributed by atoms with Crippen molar-refractivity contribution in [2.75, 3.05) is 0 Å². The van der Waals surface area contributed by atoms with Gasteiger partial charge in [0.05, 0.1) is 24.2 Å². The summed E-state index contributed by atoms with van der Waals surface area (Å²) in [6.45, 7) is 5.67. The summed E-state index contributed by atoms with van der Waals surface area (Å²) >= 11 is 0. The highest BCUT2D eigenvalue weighted by atomic mass is 16.7. The van der Waals surface area contributed by atoms with E-state index < -0.39 is 24.5 Å². The Labute approximate surface area is 234 Å². The fourth-order valence-corrected chi connectivity index (χ4v) is 5.37. The van der Waals surface area contributed by atoms with E-state index in [1.165, 1.54) is 109 Å². The maximum absolute atomic E-state index is 10.8. The molecule has 1 saturated heterocycles. The van der Waals surface area contributed by atoms with Gasteiger partial charge in [0.25, 0.3) is 0 Å². The fraction of sp³-hybridized carbons (Fsp3) is 0.969. The Morgan fingerprint density at radius 3 is 1.45 bits per heavy atom. The summed E-state index contributed by atoms with van der Waals surface area (Å²) in [6.07, 6.45) is 24.9. The first-order chi connectivity index (χ1) is 18.3. The van der Waals surface area contributed by atoms with Crippen LogP contribution in [0.5, 0.6) is 0 Å². The number of carbonyl (C=O) groups is 1. The molecule has 0 spiro atoms. The van der Waals surface area contributed by atoms with Crippen LogP contribution in [0.25, 0.3) is 0 Å². The molecule has 3 N–H and O–H groups in total. The third kappa shape index (κ3) is 18.6. The first kappa shape index (κ1) is 35.3. The predicted molar refractivity (Wildman–Crippen MR) is 155 cm³/mol. The smallest absolute Gasteiger partial charge is 0.306 e. The molecule has 0 bridgehead atoms. The summed E-state index contributed by atoms with van der Waals surface area (Å²) in [7, 11) is 0. The Kier molecular flexibility index (Phi) is 21.4. The van der Waals surface area contributed by atoms with Crippen molar-refractivity contribution in [3.8, 4) is 0 Å². The van der Waals surface area contributed by atoms with Gasteiger partial charge in [-0.25, -0.2) is 0 Å². The largest absolute Gasteiger partial charge is 0.481 e. The maximum atomic E-state index is 10.8. The molecule has 0 radical (unpaired) electrons. The van der Waals surface area contributed by atoms with Crippen molar-refractivity contribution >= 4 is 5.97 Å². The van der Waals surface area contributed by atoms with Gasteiger partial charge in [-0.05, 0) is 26.7 Å². The number of unbranched alkanes of at least 4 members (excludes halogenated alkanes) is 18. The number of aliphatic carboxylic acids is 1. The quantitative estimate of drug-likeness (QED) is 0.101. The van der Waals surface area contributed by atoms with Crippen molar-refractivity contribution in [2.24, 2.45) is 5.92 Å². The lowest BCUT2D eigenvalue weighted by atomic mass is 10.0. The first-order valence-electron chi connectivity index (χ1n) is 16.2. The Bertz CT molecular complexity index is 556. The van der Waals surface area contributed by atoms with E-state index in [0.29, 0.717) is 6.42 Å². The minimum absolute atomic E-state index is 0.0641. The summed E-state index contributed by atoms with van der Waals surface area (Å²) in [6, 6.07) is 0. The molecule has 1 aliphatic rings. The van der Waals surface area contributed by atoms with Gasteiger partial charge in [-0.1, -0.05) is 129 Å². The van der Waals surface area contributed by atoms with Crippen LogP contribution >= 0.6 is 0 Å². The zero-order valence-corrected chi connectivity index (χ0v) is 25.1. The Morgan fingerprint density at radius 2 is 1.05 bits per heavy atom. The third-order valence-electron chi connectivity index (χ3n) is 8.22. The predicted octanol–water partition coefficient (Wildman–Crippen LogP) is 8.16. The van der Waals surface area contributed by atoms with Gasteiger partial charge in [0.2, 0.25) is 0 Å². The SMILES string of the molecule is CC(CCCCCCCCCCCCCCCCCCCCCC(C)C(=O)O)OC1OC(C)C(O)CC1O. The molecular formula is C32H62O6. The van der Waals surface area contributed by atoms with E-state index in [4.69, 9.17) is 14.6 Å². The van der Waals surface area contributed by atoms with Crippen molar-refractivity contribution in [3.63, 3.8) is 0 Å². The standard InChI is InChI=1S/C32H62O6/c1-26(31(35)36)23-21-19-17-15-13-11-9-7-5-4-6-8-10-12-14-16-18-20-22-24-27(2)37-32-30(34)25-29(33)28(3)38-32/h26-30,32-34H,4-25H2,1-3H3,(H,35,36). The van der Waals surface area contributed by atoms with E-state index in [0.717, 1.165) is 25.7 Å². The molecule has 0 aromatic carbocycles. The Hall–Kier alpha value is -0.690. The molecule has 1 aliphatic heterocycles. The molecule has 1 rings (SSSR count). The molecule has 6 unspecified atom stereocenters.